The quantitative estimate of drug-likeness (QED) is 0.847. The van der Waals surface area contributed by atoms with E-state index < -0.39 is 17.9 Å². The van der Waals surface area contributed by atoms with Gasteiger partial charge in [-0.15, -0.1) is 0 Å². The third-order valence-corrected chi connectivity index (χ3v) is 2.26. The van der Waals surface area contributed by atoms with E-state index in [0.717, 1.165) is 6.92 Å². The van der Waals surface area contributed by atoms with Crippen molar-refractivity contribution in [2.45, 2.75) is 13.0 Å². The maximum absolute atomic E-state index is 11.0. The summed E-state index contributed by atoms with van der Waals surface area (Å²) in [4.78, 5) is 21.7. The second-order valence-corrected chi connectivity index (χ2v) is 3.87. The lowest BCUT2D eigenvalue weighted by molar-refractivity contribution is -0.149. The smallest absolute Gasteiger partial charge is 0.352 e. The molecule has 0 radical (unpaired) electrons. The van der Waals surface area contributed by atoms with Gasteiger partial charge in [-0.05, 0) is 25.1 Å². The Balaban J connectivity index is 2.94. The van der Waals surface area contributed by atoms with Crippen LogP contribution in [0.1, 0.15) is 6.92 Å². The molecule has 0 aliphatic rings. The van der Waals surface area contributed by atoms with E-state index in [0.29, 0.717) is 5.02 Å². The number of ether oxygens (including phenoxy) is 1. The summed E-state index contributed by atoms with van der Waals surface area (Å²) in [5, 5.41) is 9.28. The first kappa shape index (κ1) is 12.8. The molecular formula is C10H8Cl2O4. The van der Waals surface area contributed by atoms with Gasteiger partial charge < -0.3 is 9.84 Å². The van der Waals surface area contributed by atoms with Crippen LogP contribution in [0.15, 0.2) is 18.2 Å². The van der Waals surface area contributed by atoms with Crippen LogP contribution < -0.4 is 4.74 Å². The molecule has 0 aliphatic carbocycles. The van der Waals surface area contributed by atoms with Gasteiger partial charge in [0.05, 0.1) is 5.02 Å². The van der Waals surface area contributed by atoms with Crippen molar-refractivity contribution >= 4 is 35.0 Å². The Hall–Kier alpha value is -1.26. The summed E-state index contributed by atoms with van der Waals surface area (Å²) in [6.07, 6.45) is -1.56. The second-order valence-electron chi connectivity index (χ2n) is 3.02. The predicted octanol–water partition coefficient (Wildman–Crippen LogP) is 2.41. The number of carbonyl (C=O) groups is 2. The molecule has 1 atom stereocenters. The molecule has 1 rings (SSSR count). The Morgan fingerprint density at radius 2 is 2.00 bits per heavy atom. The highest BCUT2D eigenvalue weighted by molar-refractivity contribution is 6.35. The number of carbonyl (C=O) groups excluding carboxylic acids is 1. The van der Waals surface area contributed by atoms with Gasteiger partial charge in [0.1, 0.15) is 5.75 Å². The van der Waals surface area contributed by atoms with Crippen LogP contribution in [0.5, 0.6) is 5.75 Å². The fraction of sp³-hybridized carbons (Fsp3) is 0.200. The Morgan fingerprint density at radius 1 is 1.38 bits per heavy atom. The average Bonchev–Trinajstić information content (AvgIpc) is 2.15. The van der Waals surface area contributed by atoms with E-state index >= 15 is 0 Å². The van der Waals surface area contributed by atoms with E-state index in [1.807, 2.05) is 0 Å². The molecule has 1 aromatic carbocycles. The van der Waals surface area contributed by atoms with Gasteiger partial charge in [-0.25, -0.2) is 4.79 Å². The fourth-order valence-electron chi connectivity index (χ4n) is 1.01. The van der Waals surface area contributed by atoms with Gasteiger partial charge in [0.25, 0.3) is 6.10 Å². The molecule has 0 aliphatic heterocycles. The van der Waals surface area contributed by atoms with Gasteiger partial charge in [0.15, 0.2) is 5.78 Å². The Bertz CT molecular complexity index is 417. The highest BCUT2D eigenvalue weighted by Crippen LogP contribution is 2.28. The van der Waals surface area contributed by atoms with E-state index in [1.54, 1.807) is 0 Å². The number of rotatable bonds is 4. The van der Waals surface area contributed by atoms with Gasteiger partial charge in [-0.3, -0.25) is 4.79 Å². The molecule has 0 saturated carbocycles. The van der Waals surface area contributed by atoms with E-state index in [1.165, 1.54) is 18.2 Å². The molecule has 0 saturated heterocycles. The maximum atomic E-state index is 11.0. The van der Waals surface area contributed by atoms with Gasteiger partial charge in [-0.2, -0.15) is 0 Å². The van der Waals surface area contributed by atoms with Crippen molar-refractivity contribution in [1.29, 1.82) is 0 Å². The summed E-state index contributed by atoms with van der Waals surface area (Å²) < 4.78 is 4.98. The molecule has 1 unspecified atom stereocenters. The number of hydrogen-bond acceptors (Lipinski definition) is 3. The predicted molar refractivity (Wildman–Crippen MR) is 59.2 cm³/mol. The number of ketones is 1. The fourth-order valence-corrected chi connectivity index (χ4v) is 1.46. The third kappa shape index (κ3) is 3.12. The van der Waals surface area contributed by atoms with Crippen molar-refractivity contribution in [3.05, 3.63) is 28.2 Å². The zero-order chi connectivity index (χ0) is 12.3. The van der Waals surface area contributed by atoms with E-state index in [2.05, 4.69) is 0 Å². The summed E-state index contributed by atoms with van der Waals surface area (Å²) in [7, 11) is 0. The lowest BCUT2D eigenvalue weighted by Crippen LogP contribution is -2.33. The number of hydrogen-bond donors (Lipinski definition) is 1. The Morgan fingerprint density at radius 3 is 2.44 bits per heavy atom. The van der Waals surface area contributed by atoms with E-state index in [4.69, 9.17) is 33.0 Å². The number of aliphatic carboxylic acids is 1. The van der Waals surface area contributed by atoms with Crippen LogP contribution in [0, 0.1) is 0 Å². The number of halogens is 2. The molecule has 86 valence electrons. The number of carboxylic acids is 1. The topological polar surface area (TPSA) is 63.6 Å². The zero-order valence-corrected chi connectivity index (χ0v) is 9.75. The molecule has 1 N–H and O–H groups in total. The number of Topliss-reactive ketones (excluding diaryl/α,β-unsaturated/α-hetero) is 1. The summed E-state index contributed by atoms with van der Waals surface area (Å²) >= 11 is 11.4. The van der Waals surface area contributed by atoms with Crippen molar-refractivity contribution in [3.63, 3.8) is 0 Å². The van der Waals surface area contributed by atoms with Crippen molar-refractivity contribution < 1.29 is 19.4 Å². The van der Waals surface area contributed by atoms with Crippen molar-refractivity contribution in [2.75, 3.05) is 0 Å². The summed E-state index contributed by atoms with van der Waals surface area (Å²) in [5.41, 5.74) is 0. The molecule has 0 heterocycles. The monoisotopic (exact) mass is 262 g/mol. The minimum Gasteiger partial charge on any atom is -0.478 e. The molecule has 0 spiro atoms. The Kier molecular flexibility index (Phi) is 4.15. The molecule has 16 heavy (non-hydrogen) atoms. The van der Waals surface area contributed by atoms with Crippen LogP contribution >= 0.6 is 23.2 Å². The normalized spacial score (nSPS) is 11.9. The van der Waals surface area contributed by atoms with Crippen LogP contribution in [-0.4, -0.2) is 23.0 Å². The Labute approximate surface area is 102 Å². The summed E-state index contributed by atoms with van der Waals surface area (Å²) in [5.74, 6) is -1.87. The first-order valence-corrected chi connectivity index (χ1v) is 5.02. The summed E-state index contributed by atoms with van der Waals surface area (Å²) in [6.45, 7) is 1.13. The largest absolute Gasteiger partial charge is 0.478 e. The SMILES string of the molecule is CC(=O)C(Oc1ccc(Cl)cc1Cl)C(=O)O. The first-order valence-electron chi connectivity index (χ1n) is 4.27. The molecule has 0 amide bonds. The molecule has 0 bridgehead atoms. The van der Waals surface area contributed by atoms with Gasteiger partial charge in [0, 0.05) is 5.02 Å². The molecular weight excluding hydrogens is 255 g/mol. The first-order chi connectivity index (χ1) is 7.41. The van der Waals surface area contributed by atoms with Crippen molar-refractivity contribution in [3.8, 4) is 5.75 Å². The van der Waals surface area contributed by atoms with E-state index in [9.17, 15) is 9.59 Å². The highest BCUT2D eigenvalue weighted by Gasteiger charge is 2.25. The zero-order valence-electron chi connectivity index (χ0n) is 8.24. The molecule has 4 nitrogen and oxygen atoms in total. The van der Waals surface area contributed by atoms with Gasteiger partial charge in [0.2, 0.25) is 0 Å². The van der Waals surface area contributed by atoms with Crippen LogP contribution in [0.3, 0.4) is 0 Å². The van der Waals surface area contributed by atoms with Crippen LogP contribution in [0.4, 0.5) is 0 Å². The molecule has 0 fully saturated rings. The van der Waals surface area contributed by atoms with E-state index in [-0.39, 0.29) is 10.8 Å². The second kappa shape index (κ2) is 5.18. The van der Waals surface area contributed by atoms with Crippen LogP contribution in [-0.2, 0) is 9.59 Å². The third-order valence-electron chi connectivity index (χ3n) is 1.73. The maximum Gasteiger partial charge on any atom is 0.352 e. The van der Waals surface area contributed by atoms with Crippen molar-refractivity contribution in [2.24, 2.45) is 0 Å². The lowest BCUT2D eigenvalue weighted by Gasteiger charge is -2.13. The highest BCUT2D eigenvalue weighted by atomic mass is 35.5. The number of carboxylic acid groups (broad SMARTS) is 1. The molecule has 1 aromatic rings. The van der Waals surface area contributed by atoms with Crippen molar-refractivity contribution in [1.82, 2.24) is 0 Å². The standard InChI is InChI=1S/C10H8Cl2O4/c1-5(13)9(10(14)15)16-8-3-2-6(11)4-7(8)12/h2-4,9H,1H3,(H,14,15). The van der Waals surface area contributed by atoms with Gasteiger partial charge in [-0.1, -0.05) is 23.2 Å². The number of benzene rings is 1. The van der Waals surface area contributed by atoms with Gasteiger partial charge >= 0.3 is 5.97 Å². The minimum atomic E-state index is -1.56. The van der Waals surface area contributed by atoms with Crippen LogP contribution in [0.2, 0.25) is 10.0 Å². The molecule has 0 aromatic heterocycles. The average molecular weight is 263 g/mol. The summed E-state index contributed by atoms with van der Waals surface area (Å²) in [6, 6.07) is 4.29. The lowest BCUT2D eigenvalue weighted by atomic mass is 10.2. The van der Waals surface area contributed by atoms with Crippen LogP contribution in [0.25, 0.3) is 0 Å². The molecule has 6 heteroatoms. The minimum absolute atomic E-state index is 0.105.